The van der Waals surface area contributed by atoms with Gasteiger partial charge in [-0.25, -0.2) is 9.98 Å². The summed E-state index contributed by atoms with van der Waals surface area (Å²) in [5.41, 5.74) is 12.1. The summed E-state index contributed by atoms with van der Waals surface area (Å²) in [6.07, 6.45) is 3.87. The number of pyridine rings is 1. The molecule has 1 aromatic heterocycles. The monoisotopic (exact) mass is 440 g/mol. The van der Waals surface area contributed by atoms with E-state index in [-0.39, 0.29) is 18.4 Å². The van der Waals surface area contributed by atoms with E-state index in [0.29, 0.717) is 5.96 Å². The lowest BCUT2D eigenvalue weighted by atomic mass is 9.83. The van der Waals surface area contributed by atoms with Crippen molar-refractivity contribution in [2.24, 2.45) is 10.7 Å². The van der Waals surface area contributed by atoms with Crippen LogP contribution in [0.3, 0.4) is 0 Å². The lowest BCUT2D eigenvalue weighted by Crippen LogP contribution is -2.44. The Labute approximate surface area is 189 Å². The zero-order valence-corrected chi connectivity index (χ0v) is 18.8. The van der Waals surface area contributed by atoms with E-state index in [1.54, 1.807) is 7.11 Å². The van der Waals surface area contributed by atoms with E-state index in [1.807, 2.05) is 12.3 Å². The number of guanidine groups is 1. The van der Waals surface area contributed by atoms with Crippen LogP contribution in [0.25, 0.3) is 5.70 Å². The largest absolute Gasteiger partial charge is 0.497 e. The number of nitrogens with two attached hydrogens (primary N) is 1. The third-order valence-electron chi connectivity index (χ3n) is 6.33. The summed E-state index contributed by atoms with van der Waals surface area (Å²) in [5.74, 6) is 2.37. The number of nitrogens with one attached hydrogen (secondary N) is 1. The van der Waals surface area contributed by atoms with Gasteiger partial charge in [0.25, 0.3) is 0 Å². The zero-order valence-electron chi connectivity index (χ0n) is 18.0. The van der Waals surface area contributed by atoms with Crippen LogP contribution in [0.4, 0.5) is 5.82 Å². The summed E-state index contributed by atoms with van der Waals surface area (Å²) in [5, 5.41) is 3.31. The molecule has 1 atom stereocenters. The molecule has 1 fully saturated rings. The van der Waals surface area contributed by atoms with E-state index in [4.69, 9.17) is 20.4 Å². The van der Waals surface area contributed by atoms with Crippen LogP contribution in [-0.2, 0) is 6.42 Å². The predicted octanol–water partition coefficient (Wildman–Crippen LogP) is 2.58. The first kappa shape index (κ1) is 21.5. The van der Waals surface area contributed by atoms with Crippen LogP contribution in [0, 0.1) is 0 Å². The smallest absolute Gasteiger partial charge is 0.194 e. The van der Waals surface area contributed by atoms with Crippen molar-refractivity contribution < 1.29 is 4.74 Å². The van der Waals surface area contributed by atoms with Crippen molar-refractivity contribution in [3.8, 4) is 5.75 Å². The van der Waals surface area contributed by atoms with Gasteiger partial charge in [-0.15, -0.1) is 12.4 Å². The molecule has 31 heavy (non-hydrogen) atoms. The van der Waals surface area contributed by atoms with Crippen molar-refractivity contribution in [2.75, 3.05) is 45.2 Å². The number of hydrogen-bond acceptors (Lipinski definition) is 7. The number of hydrogen-bond donors (Lipinski definition) is 2. The fourth-order valence-corrected chi connectivity index (χ4v) is 4.57. The number of rotatable bonds is 3. The van der Waals surface area contributed by atoms with Crippen LogP contribution in [-0.4, -0.2) is 56.2 Å². The molecule has 0 radical (unpaired) electrons. The molecular weight excluding hydrogens is 412 g/mol. The molecule has 1 saturated heterocycles. The first-order valence-corrected chi connectivity index (χ1v) is 10.5. The molecule has 3 aliphatic rings. The number of aromatic nitrogens is 1. The van der Waals surface area contributed by atoms with Gasteiger partial charge in [0.05, 0.1) is 12.8 Å². The molecule has 1 aromatic carbocycles. The van der Waals surface area contributed by atoms with Crippen molar-refractivity contribution in [3.63, 3.8) is 0 Å². The van der Waals surface area contributed by atoms with Gasteiger partial charge in [0.15, 0.2) is 5.96 Å². The summed E-state index contributed by atoms with van der Waals surface area (Å²) in [4.78, 5) is 14.2. The molecule has 0 amide bonds. The Hall–Kier alpha value is -2.77. The van der Waals surface area contributed by atoms with Crippen molar-refractivity contribution in [3.05, 3.63) is 58.8 Å². The maximum absolute atomic E-state index is 6.19. The van der Waals surface area contributed by atoms with Gasteiger partial charge in [-0.3, -0.25) is 0 Å². The zero-order chi connectivity index (χ0) is 20.7. The number of fused-ring (bicyclic) bond motifs is 2. The molecule has 8 heteroatoms. The van der Waals surface area contributed by atoms with Crippen LogP contribution in [0.5, 0.6) is 5.75 Å². The van der Waals surface area contributed by atoms with Gasteiger partial charge in [0.2, 0.25) is 0 Å². The Bertz CT molecular complexity index is 1010. The van der Waals surface area contributed by atoms with Crippen molar-refractivity contribution in [1.29, 1.82) is 0 Å². The molecular formula is C23H29ClN6O. The second kappa shape index (κ2) is 8.77. The summed E-state index contributed by atoms with van der Waals surface area (Å²) in [6.45, 7) is 4.16. The highest BCUT2D eigenvalue weighted by atomic mass is 35.5. The number of benzene rings is 1. The first-order valence-electron chi connectivity index (χ1n) is 10.5. The Morgan fingerprint density at radius 3 is 2.61 bits per heavy atom. The average molecular weight is 441 g/mol. The second-order valence-electron chi connectivity index (χ2n) is 8.21. The van der Waals surface area contributed by atoms with Crippen LogP contribution >= 0.6 is 12.4 Å². The van der Waals surface area contributed by atoms with Crippen molar-refractivity contribution >= 4 is 29.9 Å². The molecule has 1 unspecified atom stereocenters. The summed E-state index contributed by atoms with van der Waals surface area (Å²) in [6, 6.07) is 10.4. The number of aliphatic imine (C=N–C) groups is 1. The van der Waals surface area contributed by atoms with Gasteiger partial charge in [-0.05, 0) is 60.9 Å². The van der Waals surface area contributed by atoms with Crippen LogP contribution in [0.1, 0.15) is 29.2 Å². The van der Waals surface area contributed by atoms with E-state index >= 15 is 0 Å². The maximum Gasteiger partial charge on any atom is 0.194 e. The average Bonchev–Trinajstić information content (AvgIpc) is 2.78. The lowest BCUT2D eigenvalue weighted by molar-refractivity contribution is 0.312. The standard InChI is InChI=1S/C23H28N6O.ClH/c1-28-9-11-29(12-10-28)20-8-4-16(14-25-20)21-19-6-3-15-13-17(30-2)5-7-18(15)22(19)27-23(24)26-21;/h4-5,7-8,13-14,21H,3,6,9-12H2,1-2H3,(H3,24,26,27);1H. The Balaban J connectivity index is 0.00000231. The minimum atomic E-state index is -0.0921. The van der Waals surface area contributed by atoms with Crippen LogP contribution in [0.15, 0.2) is 47.1 Å². The molecule has 0 saturated carbocycles. The fraction of sp³-hybridized carbons (Fsp3) is 0.391. The van der Waals surface area contributed by atoms with Crippen molar-refractivity contribution in [1.82, 2.24) is 15.2 Å². The number of methoxy groups -OCH3 is 1. The number of anilines is 1. The van der Waals surface area contributed by atoms with E-state index in [9.17, 15) is 0 Å². The number of aryl methyl sites for hydroxylation is 1. The quantitative estimate of drug-likeness (QED) is 0.763. The number of ether oxygens (including phenoxy) is 1. The number of likely N-dealkylation sites (N-methyl/N-ethyl adjacent to an activating group) is 1. The highest BCUT2D eigenvalue weighted by Crippen LogP contribution is 2.41. The fourth-order valence-electron chi connectivity index (χ4n) is 4.57. The van der Waals surface area contributed by atoms with Crippen LogP contribution in [0.2, 0.25) is 0 Å². The van der Waals surface area contributed by atoms with Gasteiger partial charge in [-0.2, -0.15) is 0 Å². The van der Waals surface area contributed by atoms with Gasteiger partial charge in [-0.1, -0.05) is 6.07 Å². The SMILES string of the molecule is COc1ccc2c(c1)CCC1=C2NC(N)=NC1c1ccc(N2CCN(C)CC2)nc1.Cl. The van der Waals surface area contributed by atoms with Crippen molar-refractivity contribution in [2.45, 2.75) is 18.9 Å². The van der Waals surface area contributed by atoms with E-state index in [2.05, 4.69) is 46.4 Å². The van der Waals surface area contributed by atoms with Gasteiger partial charge in [0, 0.05) is 37.9 Å². The lowest BCUT2D eigenvalue weighted by Gasteiger charge is -2.34. The summed E-state index contributed by atoms with van der Waals surface area (Å²) in [7, 11) is 3.87. The molecule has 2 aliphatic heterocycles. The Kier molecular flexibility index (Phi) is 6.07. The summed E-state index contributed by atoms with van der Waals surface area (Å²) < 4.78 is 5.40. The number of piperazine rings is 1. The van der Waals surface area contributed by atoms with E-state index in [1.165, 1.54) is 16.7 Å². The minimum absolute atomic E-state index is 0. The van der Waals surface area contributed by atoms with E-state index < -0.39 is 0 Å². The van der Waals surface area contributed by atoms with Gasteiger partial charge < -0.3 is 25.6 Å². The molecule has 0 spiro atoms. The maximum atomic E-state index is 6.19. The Morgan fingerprint density at radius 1 is 1.10 bits per heavy atom. The topological polar surface area (TPSA) is 79.0 Å². The first-order chi connectivity index (χ1) is 14.6. The van der Waals surface area contributed by atoms with Gasteiger partial charge in [0.1, 0.15) is 17.6 Å². The Morgan fingerprint density at radius 2 is 1.90 bits per heavy atom. The minimum Gasteiger partial charge on any atom is -0.497 e. The van der Waals surface area contributed by atoms with Gasteiger partial charge >= 0.3 is 0 Å². The third kappa shape index (κ3) is 4.07. The normalized spacial score (nSPS) is 20.8. The van der Waals surface area contributed by atoms with Crippen LogP contribution < -0.4 is 20.7 Å². The molecule has 5 rings (SSSR count). The molecule has 2 aromatic rings. The second-order valence-corrected chi connectivity index (χ2v) is 8.21. The summed E-state index contributed by atoms with van der Waals surface area (Å²) >= 11 is 0. The highest BCUT2D eigenvalue weighted by Gasteiger charge is 2.30. The molecule has 1 aliphatic carbocycles. The molecule has 0 bridgehead atoms. The van der Waals surface area contributed by atoms with E-state index in [0.717, 1.165) is 61.8 Å². The highest BCUT2D eigenvalue weighted by molar-refractivity contribution is 5.92. The number of halogens is 1. The molecule has 7 nitrogen and oxygen atoms in total. The molecule has 164 valence electrons. The number of nitrogens with zero attached hydrogens (tertiary/aromatic N) is 4. The predicted molar refractivity (Wildman–Crippen MR) is 127 cm³/mol. The molecule has 3 heterocycles. The third-order valence-corrected chi connectivity index (χ3v) is 6.33. The molecule has 3 N–H and O–H groups in total.